The fourth-order valence-electron chi connectivity index (χ4n) is 0.840. The maximum Gasteiger partial charge on any atom is 0.303 e. The highest BCUT2D eigenvalue weighted by molar-refractivity contribution is 5.91. The van der Waals surface area contributed by atoms with Crippen LogP contribution >= 0.6 is 0 Å². The number of hydrogen-bond acceptors (Lipinski definition) is 2. The Bertz CT molecular complexity index is 221. The van der Waals surface area contributed by atoms with Crippen molar-refractivity contribution >= 4 is 11.9 Å². The van der Waals surface area contributed by atoms with E-state index in [2.05, 4.69) is 0 Å². The average molecular weight is 185 g/mol. The Morgan fingerprint density at radius 2 is 2.00 bits per heavy atom. The second-order valence-corrected chi connectivity index (χ2v) is 2.89. The summed E-state index contributed by atoms with van der Waals surface area (Å²) in [5.41, 5.74) is 5.53. The number of primary amides is 1. The lowest BCUT2D eigenvalue weighted by atomic mass is 10.1. The van der Waals surface area contributed by atoms with Gasteiger partial charge in [0, 0.05) is 12.0 Å². The Morgan fingerprint density at radius 1 is 1.38 bits per heavy atom. The minimum atomic E-state index is -0.782. The van der Waals surface area contributed by atoms with E-state index in [0.717, 1.165) is 6.42 Å². The summed E-state index contributed by atoms with van der Waals surface area (Å²) in [6, 6.07) is 0. The third-order valence-corrected chi connectivity index (χ3v) is 1.68. The molecule has 0 spiro atoms. The van der Waals surface area contributed by atoms with Gasteiger partial charge in [-0.2, -0.15) is 0 Å². The summed E-state index contributed by atoms with van der Waals surface area (Å²) >= 11 is 0. The Balaban J connectivity index is 3.50. The lowest BCUT2D eigenvalue weighted by Crippen LogP contribution is -2.11. The first kappa shape index (κ1) is 11.7. The van der Waals surface area contributed by atoms with Crippen LogP contribution in [0, 0.1) is 0 Å². The zero-order valence-corrected chi connectivity index (χ0v) is 7.75. The molecule has 0 aliphatic rings. The van der Waals surface area contributed by atoms with Crippen molar-refractivity contribution in [1.29, 1.82) is 0 Å². The van der Waals surface area contributed by atoms with Crippen LogP contribution < -0.4 is 5.73 Å². The second kappa shape index (κ2) is 6.22. The summed E-state index contributed by atoms with van der Waals surface area (Å²) in [5, 5.41) is 8.32. The van der Waals surface area contributed by atoms with Crippen LogP contribution in [0.2, 0.25) is 0 Å². The topological polar surface area (TPSA) is 80.4 Å². The van der Waals surface area contributed by atoms with E-state index >= 15 is 0 Å². The van der Waals surface area contributed by atoms with Crippen molar-refractivity contribution in [1.82, 2.24) is 0 Å². The zero-order chi connectivity index (χ0) is 10.3. The van der Waals surface area contributed by atoms with E-state index in [1.165, 1.54) is 0 Å². The summed E-state index contributed by atoms with van der Waals surface area (Å²) in [6.07, 6.45) is 4.05. The quantitative estimate of drug-likeness (QED) is 0.479. The molecule has 0 aromatic heterocycles. The molecule has 0 aliphatic carbocycles. The van der Waals surface area contributed by atoms with E-state index in [1.807, 2.05) is 0 Å². The first-order valence-corrected chi connectivity index (χ1v) is 4.22. The number of rotatable bonds is 6. The summed E-state index contributed by atoms with van der Waals surface area (Å²) < 4.78 is 0. The van der Waals surface area contributed by atoms with Crippen LogP contribution in [-0.2, 0) is 9.59 Å². The molecule has 0 saturated carbocycles. The molecule has 0 rings (SSSR count). The molecule has 0 fully saturated rings. The molecule has 0 radical (unpaired) electrons. The Morgan fingerprint density at radius 3 is 2.46 bits per heavy atom. The SMILES string of the molecule is CC(=CCCCCC(=O)O)C(N)=O. The smallest absolute Gasteiger partial charge is 0.303 e. The van der Waals surface area contributed by atoms with Gasteiger partial charge in [-0.1, -0.05) is 6.08 Å². The van der Waals surface area contributed by atoms with Crippen molar-refractivity contribution in [2.75, 3.05) is 0 Å². The molecule has 0 heterocycles. The average Bonchev–Trinajstić information content (AvgIpc) is 2.02. The summed E-state index contributed by atoms with van der Waals surface area (Å²) in [4.78, 5) is 20.6. The first-order valence-electron chi connectivity index (χ1n) is 4.22. The van der Waals surface area contributed by atoms with Gasteiger partial charge in [-0.15, -0.1) is 0 Å². The predicted molar refractivity (Wildman–Crippen MR) is 49.1 cm³/mol. The van der Waals surface area contributed by atoms with Crippen LogP contribution in [0.3, 0.4) is 0 Å². The van der Waals surface area contributed by atoms with E-state index < -0.39 is 11.9 Å². The van der Waals surface area contributed by atoms with Crippen molar-refractivity contribution in [3.8, 4) is 0 Å². The fourth-order valence-corrected chi connectivity index (χ4v) is 0.840. The van der Waals surface area contributed by atoms with Crippen LogP contribution in [0.5, 0.6) is 0 Å². The molecule has 0 saturated heterocycles. The van der Waals surface area contributed by atoms with E-state index in [0.29, 0.717) is 18.4 Å². The molecule has 13 heavy (non-hydrogen) atoms. The van der Waals surface area contributed by atoms with Gasteiger partial charge in [-0.25, -0.2) is 0 Å². The molecular formula is C9H15NO3. The van der Waals surface area contributed by atoms with E-state index in [1.54, 1.807) is 13.0 Å². The van der Waals surface area contributed by atoms with Crippen molar-refractivity contribution in [2.24, 2.45) is 5.73 Å². The van der Waals surface area contributed by atoms with Gasteiger partial charge in [0.25, 0.3) is 0 Å². The Labute approximate surface area is 77.4 Å². The van der Waals surface area contributed by atoms with Gasteiger partial charge in [0.1, 0.15) is 0 Å². The third-order valence-electron chi connectivity index (χ3n) is 1.68. The Kier molecular flexibility index (Phi) is 5.59. The van der Waals surface area contributed by atoms with Crippen LogP contribution in [-0.4, -0.2) is 17.0 Å². The number of hydrogen-bond donors (Lipinski definition) is 2. The maximum atomic E-state index is 10.5. The standard InChI is InChI=1S/C9H15NO3/c1-7(9(10)13)5-3-2-4-6-8(11)12/h5H,2-4,6H2,1H3,(H2,10,13)(H,11,12). The molecule has 4 heteroatoms. The van der Waals surface area contributed by atoms with Crippen LogP contribution in [0.4, 0.5) is 0 Å². The third kappa shape index (κ3) is 7.05. The number of unbranched alkanes of at least 4 members (excludes halogenated alkanes) is 2. The molecule has 0 atom stereocenters. The lowest BCUT2D eigenvalue weighted by Gasteiger charge is -1.95. The molecule has 74 valence electrons. The molecule has 1 amide bonds. The van der Waals surface area contributed by atoms with Gasteiger partial charge >= 0.3 is 5.97 Å². The minimum Gasteiger partial charge on any atom is -0.481 e. The van der Waals surface area contributed by atoms with Gasteiger partial charge in [-0.3, -0.25) is 9.59 Å². The molecule has 0 unspecified atom stereocenters. The molecule has 3 N–H and O–H groups in total. The van der Waals surface area contributed by atoms with Gasteiger partial charge in [-0.05, 0) is 26.2 Å². The van der Waals surface area contributed by atoms with Crippen LogP contribution in [0.15, 0.2) is 11.6 Å². The molecule has 0 aliphatic heterocycles. The molecular weight excluding hydrogens is 170 g/mol. The zero-order valence-electron chi connectivity index (χ0n) is 7.75. The van der Waals surface area contributed by atoms with Gasteiger partial charge in [0.15, 0.2) is 0 Å². The molecule has 0 aromatic carbocycles. The number of aliphatic carboxylic acids is 1. The molecule has 0 aromatic rings. The van der Waals surface area contributed by atoms with Crippen molar-refractivity contribution in [2.45, 2.75) is 32.6 Å². The van der Waals surface area contributed by atoms with E-state index in [4.69, 9.17) is 10.8 Å². The van der Waals surface area contributed by atoms with Crippen LogP contribution in [0.25, 0.3) is 0 Å². The monoisotopic (exact) mass is 185 g/mol. The second-order valence-electron chi connectivity index (χ2n) is 2.89. The number of allylic oxidation sites excluding steroid dienone is 1. The summed E-state index contributed by atoms with van der Waals surface area (Å²) in [5.74, 6) is -1.20. The summed E-state index contributed by atoms with van der Waals surface area (Å²) in [6.45, 7) is 1.65. The lowest BCUT2D eigenvalue weighted by molar-refractivity contribution is -0.137. The highest BCUT2D eigenvalue weighted by Crippen LogP contribution is 2.03. The number of amides is 1. The number of nitrogens with two attached hydrogens (primary N) is 1. The van der Waals surface area contributed by atoms with Crippen molar-refractivity contribution < 1.29 is 14.7 Å². The van der Waals surface area contributed by atoms with Crippen molar-refractivity contribution in [3.05, 3.63) is 11.6 Å². The number of carboxylic acids is 1. The van der Waals surface area contributed by atoms with Gasteiger partial charge in [0.2, 0.25) is 5.91 Å². The normalized spacial score (nSPS) is 11.3. The molecule has 4 nitrogen and oxygen atoms in total. The minimum absolute atomic E-state index is 0.184. The largest absolute Gasteiger partial charge is 0.481 e. The first-order chi connectivity index (χ1) is 6.04. The summed E-state index contributed by atoms with van der Waals surface area (Å²) in [7, 11) is 0. The van der Waals surface area contributed by atoms with Gasteiger partial charge in [0.05, 0.1) is 0 Å². The Hall–Kier alpha value is -1.32. The maximum absolute atomic E-state index is 10.5. The highest BCUT2D eigenvalue weighted by Gasteiger charge is 1.97. The number of carboxylic acid groups (broad SMARTS) is 1. The van der Waals surface area contributed by atoms with Crippen LogP contribution in [0.1, 0.15) is 32.6 Å². The number of carbonyl (C=O) groups is 2. The van der Waals surface area contributed by atoms with Gasteiger partial charge < -0.3 is 10.8 Å². The predicted octanol–water partition coefficient (Wildman–Crippen LogP) is 1.06. The molecule has 0 bridgehead atoms. The fraction of sp³-hybridized carbons (Fsp3) is 0.556. The van der Waals surface area contributed by atoms with E-state index in [9.17, 15) is 9.59 Å². The number of carbonyl (C=O) groups excluding carboxylic acids is 1. The highest BCUT2D eigenvalue weighted by atomic mass is 16.4. The van der Waals surface area contributed by atoms with Crippen molar-refractivity contribution in [3.63, 3.8) is 0 Å². The van der Waals surface area contributed by atoms with E-state index in [-0.39, 0.29) is 6.42 Å².